The molecule has 9 nitrogen and oxygen atoms in total. The first kappa shape index (κ1) is 35.6. The summed E-state index contributed by atoms with van der Waals surface area (Å²) in [6.07, 6.45) is 7.82. The van der Waals surface area contributed by atoms with Gasteiger partial charge < -0.3 is 4.74 Å². The van der Waals surface area contributed by atoms with E-state index < -0.39 is 11.1 Å². The van der Waals surface area contributed by atoms with Gasteiger partial charge in [0.05, 0.1) is 13.3 Å². The van der Waals surface area contributed by atoms with Crippen molar-refractivity contribution in [1.82, 2.24) is 25.8 Å². The molecule has 6 rings (SSSR count). The first-order chi connectivity index (χ1) is 24.9. The Morgan fingerprint density at radius 2 is 1.45 bits per heavy atom. The van der Waals surface area contributed by atoms with Gasteiger partial charge in [0, 0.05) is 30.6 Å². The number of aryl methyl sites for hydroxylation is 1. The van der Waals surface area contributed by atoms with E-state index in [0.717, 1.165) is 42.4 Å². The van der Waals surface area contributed by atoms with Crippen molar-refractivity contribution >= 4 is 11.9 Å². The van der Waals surface area contributed by atoms with Gasteiger partial charge >= 0.3 is 5.97 Å². The topological polar surface area (TPSA) is 107 Å². The zero-order valence-electron chi connectivity index (χ0n) is 28.9. The Kier molecular flexibility index (Phi) is 11.7. The highest BCUT2D eigenvalue weighted by Crippen LogP contribution is 2.39. The molecule has 1 amide bonds. The van der Waals surface area contributed by atoms with Crippen molar-refractivity contribution in [2.24, 2.45) is 0 Å². The van der Waals surface area contributed by atoms with Crippen LogP contribution in [0.2, 0.25) is 0 Å². The summed E-state index contributed by atoms with van der Waals surface area (Å²) in [5.41, 5.74) is 5.47. The van der Waals surface area contributed by atoms with Gasteiger partial charge in [0.2, 0.25) is 5.91 Å². The molecule has 1 aliphatic rings. The maximum absolute atomic E-state index is 15.0. The van der Waals surface area contributed by atoms with Crippen LogP contribution in [0.4, 0.5) is 4.39 Å². The standard InChI is InChI=1S/C41H44FN5O4/c1-50-39(49)40(25-15-26-40)43-29-32-24-23-31(28-36(32)42)37-30-47(46-44-37)27-14-3-2-13-22-38(48)45-51-41(33-16-7-4-8-17-33,34-18-9-5-10-19-34)35-20-11-6-12-21-35/h4-12,16-21,23-24,28,30,43H,2-3,13-15,22,25-27,29H2,1H3,(H,45,48). The number of methoxy groups -OCH3 is 1. The number of hydrogen-bond acceptors (Lipinski definition) is 7. The fourth-order valence-corrected chi connectivity index (χ4v) is 6.63. The number of carbonyl (C=O) groups is 2. The number of nitrogens with one attached hydrogen (secondary N) is 2. The van der Waals surface area contributed by atoms with E-state index in [1.54, 1.807) is 10.7 Å². The number of rotatable bonds is 17. The molecule has 4 aromatic carbocycles. The molecule has 0 radical (unpaired) electrons. The second kappa shape index (κ2) is 16.7. The fourth-order valence-electron chi connectivity index (χ4n) is 6.63. The van der Waals surface area contributed by atoms with Gasteiger partial charge in [-0.25, -0.2) is 9.87 Å². The van der Waals surface area contributed by atoms with Crippen LogP contribution in [0.25, 0.3) is 11.3 Å². The van der Waals surface area contributed by atoms with E-state index in [2.05, 4.69) is 21.1 Å². The van der Waals surface area contributed by atoms with E-state index >= 15 is 0 Å². The first-order valence-electron chi connectivity index (χ1n) is 17.6. The van der Waals surface area contributed by atoms with Crippen LogP contribution in [0, 0.1) is 5.82 Å². The van der Waals surface area contributed by atoms with Gasteiger partial charge in [-0.3, -0.25) is 24.4 Å². The van der Waals surface area contributed by atoms with Crippen LogP contribution in [0.3, 0.4) is 0 Å². The quantitative estimate of drug-likeness (QED) is 0.0458. The summed E-state index contributed by atoms with van der Waals surface area (Å²) in [5, 5.41) is 11.7. The lowest BCUT2D eigenvalue weighted by molar-refractivity contribution is -0.152. The molecule has 51 heavy (non-hydrogen) atoms. The summed E-state index contributed by atoms with van der Waals surface area (Å²) >= 11 is 0. The molecule has 5 aromatic rings. The minimum atomic E-state index is -1.02. The number of ether oxygens (including phenoxy) is 1. The van der Waals surface area contributed by atoms with E-state index in [0.29, 0.717) is 49.0 Å². The van der Waals surface area contributed by atoms with Gasteiger partial charge in [0.1, 0.15) is 17.1 Å². The summed E-state index contributed by atoms with van der Waals surface area (Å²) in [6, 6.07) is 34.8. The van der Waals surface area contributed by atoms with Crippen LogP contribution >= 0.6 is 0 Å². The Hall–Kier alpha value is -5.19. The van der Waals surface area contributed by atoms with Gasteiger partial charge in [-0.2, -0.15) is 0 Å². The van der Waals surface area contributed by atoms with Crippen LogP contribution in [0.5, 0.6) is 0 Å². The van der Waals surface area contributed by atoms with E-state index in [1.165, 1.54) is 13.2 Å². The molecule has 10 heteroatoms. The van der Waals surface area contributed by atoms with Gasteiger partial charge in [0.15, 0.2) is 5.60 Å². The third-order valence-corrected chi connectivity index (χ3v) is 9.69. The second-order valence-corrected chi connectivity index (χ2v) is 13.0. The average molecular weight is 690 g/mol. The maximum Gasteiger partial charge on any atom is 0.326 e. The molecular formula is C41H44FN5O4. The number of aromatic nitrogens is 3. The van der Waals surface area contributed by atoms with E-state index in [-0.39, 0.29) is 24.2 Å². The SMILES string of the molecule is COC(=O)C1(NCc2ccc(-c3cn(CCCCCCC(=O)NOC(c4ccccc4)(c4ccccc4)c4ccccc4)nn3)cc2F)CCC1. The molecule has 0 atom stereocenters. The monoisotopic (exact) mass is 689 g/mol. The molecule has 1 saturated carbocycles. The van der Waals surface area contributed by atoms with Gasteiger partial charge in [-0.05, 0) is 54.9 Å². The summed E-state index contributed by atoms with van der Waals surface area (Å²) in [6.45, 7) is 0.897. The molecule has 0 unspecified atom stereocenters. The predicted octanol–water partition coefficient (Wildman–Crippen LogP) is 7.26. The average Bonchev–Trinajstić information content (AvgIpc) is 3.63. The molecule has 264 valence electrons. The van der Waals surface area contributed by atoms with E-state index in [1.807, 2.05) is 103 Å². The third kappa shape index (κ3) is 8.24. The largest absolute Gasteiger partial charge is 0.468 e. The number of nitrogens with zero attached hydrogens (tertiary/aromatic N) is 3. The highest BCUT2D eigenvalue weighted by Gasteiger charge is 2.45. The Balaban J connectivity index is 0.966. The number of benzene rings is 4. The molecule has 1 heterocycles. The first-order valence-corrected chi connectivity index (χ1v) is 17.6. The number of hydrogen-bond donors (Lipinski definition) is 2. The van der Waals surface area contributed by atoms with Crippen LogP contribution in [-0.4, -0.2) is 39.5 Å². The minimum Gasteiger partial charge on any atom is -0.468 e. The van der Waals surface area contributed by atoms with Gasteiger partial charge in [-0.1, -0.05) is 121 Å². The molecule has 1 aromatic heterocycles. The van der Waals surface area contributed by atoms with E-state index in [9.17, 15) is 14.0 Å². The van der Waals surface area contributed by atoms with Crippen LogP contribution in [0.1, 0.15) is 73.6 Å². The molecule has 0 aliphatic heterocycles. The smallest absolute Gasteiger partial charge is 0.326 e. The number of amides is 1. The number of carbonyl (C=O) groups excluding carboxylic acids is 2. The third-order valence-electron chi connectivity index (χ3n) is 9.69. The minimum absolute atomic E-state index is 0.178. The molecule has 2 N–H and O–H groups in total. The number of hydroxylamine groups is 1. The van der Waals surface area contributed by atoms with Crippen molar-refractivity contribution in [2.75, 3.05) is 7.11 Å². The number of esters is 1. The highest BCUT2D eigenvalue weighted by molar-refractivity contribution is 5.82. The van der Waals surface area contributed by atoms with Crippen molar-refractivity contribution in [1.29, 1.82) is 0 Å². The molecule has 0 bridgehead atoms. The normalized spacial score (nSPS) is 13.7. The van der Waals surface area contributed by atoms with Crippen molar-refractivity contribution in [3.8, 4) is 11.3 Å². The van der Waals surface area contributed by atoms with Crippen molar-refractivity contribution < 1.29 is 23.6 Å². The van der Waals surface area contributed by atoms with Crippen molar-refractivity contribution in [3.05, 3.63) is 143 Å². The Bertz CT molecular complexity index is 1780. The molecule has 0 saturated heterocycles. The summed E-state index contributed by atoms with van der Waals surface area (Å²) in [4.78, 5) is 31.7. The summed E-state index contributed by atoms with van der Waals surface area (Å²) in [5.74, 6) is -0.844. The lowest BCUT2D eigenvalue weighted by atomic mass is 9.76. The maximum atomic E-state index is 15.0. The fraction of sp³-hybridized carbons (Fsp3) is 0.317. The van der Waals surface area contributed by atoms with Gasteiger partial charge in [-0.15, -0.1) is 5.10 Å². The van der Waals surface area contributed by atoms with Crippen molar-refractivity contribution in [2.45, 2.75) is 75.6 Å². The lowest BCUT2D eigenvalue weighted by Gasteiger charge is -2.39. The van der Waals surface area contributed by atoms with Gasteiger partial charge in [0.25, 0.3) is 0 Å². The van der Waals surface area contributed by atoms with Crippen molar-refractivity contribution in [3.63, 3.8) is 0 Å². The molecule has 1 fully saturated rings. The molecule has 0 spiro atoms. The summed E-state index contributed by atoms with van der Waals surface area (Å²) < 4.78 is 21.7. The van der Waals surface area contributed by atoms with Crippen LogP contribution in [-0.2, 0) is 37.9 Å². The van der Waals surface area contributed by atoms with Crippen LogP contribution in [0.15, 0.2) is 115 Å². The number of halogens is 1. The van der Waals surface area contributed by atoms with Crippen LogP contribution < -0.4 is 10.8 Å². The van der Waals surface area contributed by atoms with E-state index in [4.69, 9.17) is 9.57 Å². The number of unbranched alkanes of at least 4 members (excludes halogenated alkanes) is 3. The second-order valence-electron chi connectivity index (χ2n) is 13.0. The summed E-state index contributed by atoms with van der Waals surface area (Å²) in [7, 11) is 1.38. The molecular weight excluding hydrogens is 645 g/mol. The zero-order chi connectivity index (χ0) is 35.5. The zero-order valence-corrected chi connectivity index (χ0v) is 28.9. The Morgan fingerprint density at radius 1 is 0.843 bits per heavy atom. The molecule has 1 aliphatic carbocycles. The Morgan fingerprint density at radius 3 is 2.00 bits per heavy atom. The Labute approximate surface area is 298 Å². The lowest BCUT2D eigenvalue weighted by Crippen LogP contribution is -2.57. The highest BCUT2D eigenvalue weighted by atomic mass is 19.1. The predicted molar refractivity (Wildman–Crippen MR) is 192 cm³/mol.